The minimum Gasteiger partial charge on any atom is -0.341 e. The van der Waals surface area contributed by atoms with E-state index in [2.05, 4.69) is 31.1 Å². The van der Waals surface area contributed by atoms with Gasteiger partial charge in [-0.25, -0.2) is 4.98 Å². The zero-order valence-corrected chi connectivity index (χ0v) is 16.0. The van der Waals surface area contributed by atoms with Gasteiger partial charge in [0.25, 0.3) is 0 Å². The van der Waals surface area contributed by atoms with Crippen LogP contribution < -0.4 is 0 Å². The first-order valence-electron chi connectivity index (χ1n) is 7.71. The van der Waals surface area contributed by atoms with E-state index in [1.165, 1.54) is 11.8 Å². The molecule has 0 spiro atoms. The van der Waals surface area contributed by atoms with Crippen molar-refractivity contribution >= 4 is 33.6 Å². The van der Waals surface area contributed by atoms with Crippen LogP contribution in [0.1, 0.15) is 5.56 Å². The highest BCUT2D eigenvalue weighted by Gasteiger charge is 2.13. The molecule has 128 valence electrons. The van der Waals surface area contributed by atoms with E-state index in [9.17, 15) is 4.79 Å². The first-order valence-corrected chi connectivity index (χ1v) is 9.49. The Labute approximate surface area is 159 Å². The number of aromatic nitrogens is 3. The number of hydrogen-bond donors (Lipinski definition) is 1. The molecule has 1 aromatic heterocycles. The van der Waals surface area contributed by atoms with Crippen LogP contribution in [0.2, 0.25) is 0 Å². The maximum Gasteiger partial charge on any atom is 0.233 e. The van der Waals surface area contributed by atoms with Gasteiger partial charge in [-0.3, -0.25) is 9.89 Å². The molecule has 7 heteroatoms. The SMILES string of the molecule is CN(Cc1ccccc1Br)C(=O)CSc1n[nH]c(-c2ccccc2)n1. The molecular weight excluding hydrogens is 400 g/mol. The summed E-state index contributed by atoms with van der Waals surface area (Å²) in [6, 6.07) is 17.7. The summed E-state index contributed by atoms with van der Waals surface area (Å²) in [7, 11) is 1.80. The number of carbonyl (C=O) groups excluding carboxylic acids is 1. The number of benzene rings is 2. The molecule has 25 heavy (non-hydrogen) atoms. The van der Waals surface area contributed by atoms with Gasteiger partial charge in [0.05, 0.1) is 5.75 Å². The molecular formula is C18H17BrN4OS. The van der Waals surface area contributed by atoms with Gasteiger partial charge in [0.1, 0.15) is 0 Å². The number of hydrogen-bond acceptors (Lipinski definition) is 4. The van der Waals surface area contributed by atoms with E-state index in [0.717, 1.165) is 15.6 Å². The molecule has 0 aliphatic carbocycles. The number of rotatable bonds is 6. The van der Waals surface area contributed by atoms with Crippen molar-refractivity contribution in [2.45, 2.75) is 11.7 Å². The number of aromatic amines is 1. The lowest BCUT2D eigenvalue weighted by Gasteiger charge is -2.17. The summed E-state index contributed by atoms with van der Waals surface area (Å²) in [5, 5.41) is 7.65. The van der Waals surface area contributed by atoms with Crippen LogP contribution in [0.25, 0.3) is 11.4 Å². The molecule has 1 amide bonds. The van der Waals surface area contributed by atoms with Crippen molar-refractivity contribution in [2.75, 3.05) is 12.8 Å². The van der Waals surface area contributed by atoms with Crippen molar-refractivity contribution in [3.05, 3.63) is 64.6 Å². The third-order valence-corrected chi connectivity index (χ3v) is 5.23. The molecule has 1 heterocycles. The fourth-order valence-electron chi connectivity index (χ4n) is 2.24. The summed E-state index contributed by atoms with van der Waals surface area (Å²) in [5.41, 5.74) is 2.05. The molecule has 0 aliphatic rings. The number of carbonyl (C=O) groups is 1. The Bertz CT molecular complexity index is 853. The predicted octanol–water partition coefficient (Wildman–Crippen LogP) is 3.98. The maximum atomic E-state index is 12.3. The highest BCUT2D eigenvalue weighted by atomic mass is 79.9. The summed E-state index contributed by atoms with van der Waals surface area (Å²) >= 11 is 4.84. The molecule has 0 bridgehead atoms. The summed E-state index contributed by atoms with van der Waals surface area (Å²) in [4.78, 5) is 18.5. The molecule has 0 saturated carbocycles. The highest BCUT2D eigenvalue weighted by molar-refractivity contribution is 9.10. The van der Waals surface area contributed by atoms with Gasteiger partial charge in [-0.15, -0.1) is 5.10 Å². The topological polar surface area (TPSA) is 61.9 Å². The number of nitrogens with one attached hydrogen (secondary N) is 1. The van der Waals surface area contributed by atoms with Crippen molar-refractivity contribution in [2.24, 2.45) is 0 Å². The third kappa shape index (κ3) is 4.70. The van der Waals surface area contributed by atoms with Crippen molar-refractivity contribution in [1.29, 1.82) is 0 Å². The van der Waals surface area contributed by atoms with E-state index in [1.807, 2.05) is 54.6 Å². The molecule has 0 radical (unpaired) electrons. The first-order chi connectivity index (χ1) is 12.1. The molecule has 0 saturated heterocycles. The predicted molar refractivity (Wildman–Crippen MR) is 103 cm³/mol. The second-order valence-electron chi connectivity index (χ2n) is 5.46. The van der Waals surface area contributed by atoms with E-state index in [-0.39, 0.29) is 5.91 Å². The highest BCUT2D eigenvalue weighted by Crippen LogP contribution is 2.20. The average molecular weight is 417 g/mol. The van der Waals surface area contributed by atoms with E-state index in [1.54, 1.807) is 11.9 Å². The second kappa shape index (κ2) is 8.31. The Kier molecular flexibility index (Phi) is 5.88. The zero-order valence-electron chi connectivity index (χ0n) is 13.6. The van der Waals surface area contributed by atoms with Crippen LogP contribution in [0.15, 0.2) is 64.2 Å². The fraction of sp³-hybridized carbons (Fsp3) is 0.167. The van der Waals surface area contributed by atoms with Crippen LogP contribution in [0, 0.1) is 0 Å². The van der Waals surface area contributed by atoms with Crippen molar-refractivity contribution in [1.82, 2.24) is 20.1 Å². The Hall–Kier alpha value is -2.12. The number of amides is 1. The van der Waals surface area contributed by atoms with Gasteiger partial charge in [0.2, 0.25) is 11.1 Å². The number of H-pyrrole nitrogens is 1. The molecule has 0 fully saturated rings. The van der Waals surface area contributed by atoms with Crippen LogP contribution in [-0.4, -0.2) is 38.8 Å². The van der Waals surface area contributed by atoms with Crippen LogP contribution in [0.5, 0.6) is 0 Å². The fourth-order valence-corrected chi connectivity index (χ4v) is 3.39. The molecule has 1 N–H and O–H groups in total. The summed E-state index contributed by atoms with van der Waals surface area (Å²) in [6.07, 6.45) is 0. The molecule has 3 rings (SSSR count). The first kappa shape index (κ1) is 17.7. The molecule has 3 aromatic rings. The smallest absolute Gasteiger partial charge is 0.233 e. The standard InChI is InChI=1S/C18H17BrN4OS/c1-23(11-14-9-5-6-10-15(14)19)16(24)12-25-18-20-17(21-22-18)13-7-3-2-4-8-13/h2-10H,11-12H2,1H3,(H,20,21,22). The van der Waals surface area contributed by atoms with Gasteiger partial charge in [-0.2, -0.15) is 0 Å². The van der Waals surface area contributed by atoms with Gasteiger partial charge in [-0.05, 0) is 11.6 Å². The van der Waals surface area contributed by atoms with Gasteiger partial charge >= 0.3 is 0 Å². The van der Waals surface area contributed by atoms with Gasteiger partial charge in [0.15, 0.2) is 5.82 Å². The van der Waals surface area contributed by atoms with Crippen LogP contribution in [0.4, 0.5) is 0 Å². The van der Waals surface area contributed by atoms with Crippen molar-refractivity contribution in [3.63, 3.8) is 0 Å². The van der Waals surface area contributed by atoms with E-state index >= 15 is 0 Å². The largest absolute Gasteiger partial charge is 0.341 e. The van der Waals surface area contributed by atoms with Gasteiger partial charge in [0, 0.05) is 23.6 Å². The lowest BCUT2D eigenvalue weighted by atomic mass is 10.2. The number of thioether (sulfide) groups is 1. The molecule has 0 aliphatic heterocycles. The summed E-state index contributed by atoms with van der Waals surface area (Å²) in [5.74, 6) is 1.04. The van der Waals surface area contributed by atoms with E-state index in [0.29, 0.717) is 23.3 Å². The minimum atomic E-state index is 0.0341. The van der Waals surface area contributed by atoms with E-state index < -0.39 is 0 Å². The molecule has 5 nitrogen and oxygen atoms in total. The Balaban J connectivity index is 1.55. The lowest BCUT2D eigenvalue weighted by Crippen LogP contribution is -2.27. The molecule has 0 atom stereocenters. The Morgan fingerprint density at radius 3 is 2.64 bits per heavy atom. The van der Waals surface area contributed by atoms with E-state index in [4.69, 9.17) is 0 Å². The Morgan fingerprint density at radius 1 is 1.16 bits per heavy atom. The van der Waals surface area contributed by atoms with Crippen molar-refractivity contribution in [3.8, 4) is 11.4 Å². The maximum absolute atomic E-state index is 12.3. The van der Waals surface area contributed by atoms with Gasteiger partial charge < -0.3 is 4.90 Å². The normalized spacial score (nSPS) is 10.6. The van der Waals surface area contributed by atoms with Crippen LogP contribution >= 0.6 is 27.7 Å². The van der Waals surface area contributed by atoms with Gasteiger partial charge in [-0.1, -0.05) is 76.2 Å². The summed E-state index contributed by atoms with van der Waals surface area (Å²) in [6.45, 7) is 0.560. The van der Waals surface area contributed by atoms with Crippen LogP contribution in [0.3, 0.4) is 0 Å². The number of halogens is 1. The van der Waals surface area contributed by atoms with Crippen molar-refractivity contribution < 1.29 is 4.79 Å². The Morgan fingerprint density at radius 2 is 1.88 bits per heavy atom. The zero-order chi connectivity index (χ0) is 17.6. The quantitative estimate of drug-likeness (QED) is 0.617. The second-order valence-corrected chi connectivity index (χ2v) is 7.26. The lowest BCUT2D eigenvalue weighted by molar-refractivity contribution is -0.127. The number of nitrogens with zero attached hydrogens (tertiary/aromatic N) is 3. The minimum absolute atomic E-state index is 0.0341. The van der Waals surface area contributed by atoms with Crippen LogP contribution in [-0.2, 0) is 11.3 Å². The summed E-state index contributed by atoms with van der Waals surface area (Å²) < 4.78 is 1.00. The molecule has 0 unspecified atom stereocenters. The average Bonchev–Trinajstić information content (AvgIpc) is 3.11. The molecule has 2 aromatic carbocycles. The monoisotopic (exact) mass is 416 g/mol. The third-order valence-electron chi connectivity index (χ3n) is 3.63.